The number of phenolic OH excluding ortho intramolecular Hbond substituents is 2. The summed E-state index contributed by atoms with van der Waals surface area (Å²) in [6.45, 7) is 15.1. The summed E-state index contributed by atoms with van der Waals surface area (Å²) in [6.07, 6.45) is 3.58. The van der Waals surface area contributed by atoms with Crippen LogP contribution in [0, 0.1) is 0 Å². The maximum absolute atomic E-state index is 11.9. The highest BCUT2D eigenvalue weighted by Gasteiger charge is 2.32. The van der Waals surface area contributed by atoms with E-state index in [1.165, 1.54) is 28.3 Å². The Morgan fingerprint density at radius 2 is 1.61 bits per heavy atom. The van der Waals surface area contributed by atoms with E-state index in [1.54, 1.807) is 0 Å². The molecular formula is C26H36NO4+. The predicted molar refractivity (Wildman–Crippen MR) is 123 cm³/mol. The normalized spacial score (nSPS) is 12.9. The van der Waals surface area contributed by atoms with E-state index in [4.69, 9.17) is 4.74 Å². The number of benzene rings is 2. The molecule has 0 saturated carbocycles. The second-order valence-corrected chi connectivity index (χ2v) is 9.30. The van der Waals surface area contributed by atoms with Gasteiger partial charge in [-0.05, 0) is 47.4 Å². The minimum absolute atomic E-state index is 0.0389. The fourth-order valence-electron chi connectivity index (χ4n) is 3.41. The molecule has 0 aliphatic rings. The molecule has 0 amide bonds. The molecule has 31 heavy (non-hydrogen) atoms. The van der Waals surface area contributed by atoms with Crippen LogP contribution < -0.4 is 4.74 Å². The Kier molecular flexibility index (Phi) is 7.56. The Hall–Kier alpha value is -2.78. The third kappa shape index (κ3) is 5.29. The molecule has 0 radical (unpaired) electrons. The number of hydrogen-bond donors (Lipinski definition) is 2. The molecule has 0 bridgehead atoms. The van der Waals surface area contributed by atoms with Crippen LogP contribution in [0.5, 0.6) is 17.2 Å². The molecule has 2 N–H and O–H groups in total. The zero-order valence-corrected chi connectivity index (χ0v) is 19.8. The molecule has 0 spiro atoms. The van der Waals surface area contributed by atoms with Crippen molar-refractivity contribution in [3.05, 3.63) is 47.5 Å². The van der Waals surface area contributed by atoms with Gasteiger partial charge in [0.2, 0.25) is 0 Å². The molecule has 1 atom stereocenters. The standard InChI is InChI=1S/C26H35NO4/c1-8-24(27(17-28)21-16-19(29)12-13-22(21)30)31-23-14-11-18(25(4,5)9-2)15-20(23)26(6,7)10-3/h11-16,24H,8-10H2,1-7H3,(H-,29,30)/p+1. The van der Waals surface area contributed by atoms with E-state index in [2.05, 4.69) is 53.7 Å². The Morgan fingerprint density at radius 1 is 0.968 bits per heavy atom. The Balaban J connectivity index is 2.56. The van der Waals surface area contributed by atoms with Gasteiger partial charge in [-0.2, -0.15) is 4.79 Å². The molecule has 0 aliphatic carbocycles. The zero-order chi connectivity index (χ0) is 23.4. The van der Waals surface area contributed by atoms with Crippen LogP contribution in [0.2, 0.25) is 0 Å². The molecule has 0 fully saturated rings. The fourth-order valence-corrected chi connectivity index (χ4v) is 3.41. The summed E-state index contributed by atoms with van der Waals surface area (Å²) in [5, 5.41) is 20.1. The van der Waals surface area contributed by atoms with Crippen molar-refractivity contribution in [3.63, 3.8) is 0 Å². The van der Waals surface area contributed by atoms with Crippen LogP contribution in [0.25, 0.3) is 0 Å². The number of aromatic hydroxyl groups is 2. The van der Waals surface area contributed by atoms with Gasteiger partial charge in [-0.25, -0.2) is 0 Å². The highest BCUT2D eigenvalue weighted by atomic mass is 16.5. The van der Waals surface area contributed by atoms with E-state index in [-0.39, 0.29) is 28.0 Å². The molecular weight excluding hydrogens is 390 g/mol. The Labute approximate surface area is 186 Å². The first-order chi connectivity index (χ1) is 14.5. The van der Waals surface area contributed by atoms with Crippen molar-refractivity contribution >= 4 is 11.8 Å². The van der Waals surface area contributed by atoms with E-state index in [9.17, 15) is 15.0 Å². The molecule has 0 saturated heterocycles. The molecule has 0 aromatic heterocycles. The SMILES string of the molecule is CCC(Oc1ccc(C(C)(C)CC)cc1C(C)(C)CC)[N+](=C=O)c1cc(O)ccc1O. The van der Waals surface area contributed by atoms with Crippen molar-refractivity contribution in [2.45, 2.75) is 84.8 Å². The van der Waals surface area contributed by atoms with Crippen molar-refractivity contribution in [3.8, 4) is 17.2 Å². The lowest BCUT2D eigenvalue weighted by atomic mass is 9.76. The van der Waals surface area contributed by atoms with Crippen molar-refractivity contribution in [1.82, 2.24) is 0 Å². The van der Waals surface area contributed by atoms with Gasteiger partial charge >= 0.3 is 12.3 Å². The summed E-state index contributed by atoms with van der Waals surface area (Å²) in [5.74, 6) is 0.522. The van der Waals surface area contributed by atoms with Crippen LogP contribution in [0.4, 0.5) is 5.69 Å². The van der Waals surface area contributed by atoms with Crippen LogP contribution in [0.15, 0.2) is 36.4 Å². The minimum Gasteiger partial charge on any atom is -0.508 e. The fraction of sp³-hybridized carbons (Fsp3) is 0.500. The van der Waals surface area contributed by atoms with Gasteiger partial charge in [0, 0.05) is 12.0 Å². The minimum atomic E-state index is -0.693. The van der Waals surface area contributed by atoms with Crippen molar-refractivity contribution < 1.29 is 24.3 Å². The third-order valence-corrected chi connectivity index (χ3v) is 6.48. The average Bonchev–Trinajstić information content (AvgIpc) is 2.75. The third-order valence-electron chi connectivity index (χ3n) is 6.48. The number of rotatable bonds is 9. The summed E-state index contributed by atoms with van der Waals surface area (Å²) in [7, 11) is 0. The summed E-state index contributed by atoms with van der Waals surface area (Å²) in [5.41, 5.74) is 2.39. The number of phenols is 2. The van der Waals surface area contributed by atoms with Crippen LogP contribution in [-0.2, 0) is 15.6 Å². The van der Waals surface area contributed by atoms with Gasteiger partial charge in [-0.1, -0.05) is 65.2 Å². The maximum Gasteiger partial charge on any atom is 0.434 e. The molecule has 0 aliphatic heterocycles. The summed E-state index contributed by atoms with van der Waals surface area (Å²) < 4.78 is 7.55. The van der Waals surface area contributed by atoms with E-state index < -0.39 is 6.23 Å². The molecule has 2 aromatic rings. The molecule has 168 valence electrons. The van der Waals surface area contributed by atoms with Gasteiger partial charge in [-0.15, -0.1) is 0 Å². The van der Waals surface area contributed by atoms with E-state index >= 15 is 0 Å². The highest BCUT2D eigenvalue weighted by Crippen LogP contribution is 2.39. The summed E-state index contributed by atoms with van der Waals surface area (Å²) >= 11 is 0. The first kappa shape index (κ1) is 24.5. The number of hydrogen-bond acceptors (Lipinski definition) is 4. The summed E-state index contributed by atoms with van der Waals surface area (Å²) in [4.78, 5) is 11.9. The second-order valence-electron chi connectivity index (χ2n) is 9.30. The van der Waals surface area contributed by atoms with Crippen molar-refractivity contribution in [1.29, 1.82) is 0 Å². The van der Waals surface area contributed by atoms with Crippen LogP contribution in [0.3, 0.4) is 0 Å². The van der Waals surface area contributed by atoms with Gasteiger partial charge < -0.3 is 14.9 Å². The Morgan fingerprint density at radius 3 is 2.16 bits per heavy atom. The van der Waals surface area contributed by atoms with Gasteiger partial charge in [0.05, 0.1) is 6.07 Å². The van der Waals surface area contributed by atoms with Crippen LogP contribution in [0.1, 0.15) is 78.9 Å². The van der Waals surface area contributed by atoms with Crippen LogP contribution in [-0.4, -0.2) is 27.1 Å². The Bertz CT molecular complexity index is 971. The van der Waals surface area contributed by atoms with Crippen LogP contribution >= 0.6 is 0 Å². The molecule has 1 unspecified atom stereocenters. The lowest BCUT2D eigenvalue weighted by Crippen LogP contribution is -2.30. The smallest absolute Gasteiger partial charge is 0.434 e. The van der Waals surface area contributed by atoms with Gasteiger partial charge in [0.1, 0.15) is 11.5 Å². The predicted octanol–water partition coefficient (Wildman–Crippen LogP) is 6.27. The topological polar surface area (TPSA) is 69.8 Å². The zero-order valence-electron chi connectivity index (χ0n) is 19.8. The molecule has 2 rings (SSSR count). The highest BCUT2D eigenvalue weighted by molar-refractivity contribution is 5.52. The molecule has 0 heterocycles. The number of nitrogens with zero attached hydrogens (tertiary/aromatic N) is 1. The number of carbonyl (C=O) groups excluding carboxylic acids is 1. The lowest BCUT2D eigenvalue weighted by Gasteiger charge is -2.30. The van der Waals surface area contributed by atoms with Gasteiger partial charge in [0.15, 0.2) is 5.75 Å². The van der Waals surface area contributed by atoms with Gasteiger partial charge in [0.25, 0.3) is 5.69 Å². The quantitative estimate of drug-likeness (QED) is 0.163. The average molecular weight is 427 g/mol. The maximum atomic E-state index is 11.9. The first-order valence-electron chi connectivity index (χ1n) is 11.0. The molecule has 5 heteroatoms. The second kappa shape index (κ2) is 9.57. The van der Waals surface area contributed by atoms with Crippen molar-refractivity contribution in [2.24, 2.45) is 0 Å². The largest absolute Gasteiger partial charge is 0.508 e. The summed E-state index contributed by atoms with van der Waals surface area (Å²) in [6, 6.07) is 10.3. The monoisotopic (exact) mass is 426 g/mol. The van der Waals surface area contributed by atoms with E-state index in [0.717, 1.165) is 18.4 Å². The van der Waals surface area contributed by atoms with E-state index in [1.807, 2.05) is 19.1 Å². The van der Waals surface area contributed by atoms with E-state index in [0.29, 0.717) is 12.2 Å². The first-order valence-corrected chi connectivity index (χ1v) is 11.0. The van der Waals surface area contributed by atoms with Gasteiger partial charge in [-0.3, -0.25) is 0 Å². The molecule has 5 nitrogen and oxygen atoms in total. The van der Waals surface area contributed by atoms with Crippen molar-refractivity contribution in [2.75, 3.05) is 0 Å². The lowest BCUT2D eigenvalue weighted by molar-refractivity contribution is -0.527. The number of ether oxygens (including phenoxy) is 1. The molecule has 2 aromatic carbocycles. The number of isocyanates is 1.